The molecule has 0 saturated carbocycles. The molecule has 0 aromatic heterocycles. The van der Waals surface area contributed by atoms with Crippen molar-refractivity contribution in [2.45, 2.75) is 45.6 Å². The molecule has 3 atom stereocenters. The average molecular weight is 129 g/mol. The summed E-state index contributed by atoms with van der Waals surface area (Å²) in [5.41, 5.74) is 0. The minimum absolute atomic E-state index is 0.347. The lowest BCUT2D eigenvalue weighted by Gasteiger charge is -2.06. The fourth-order valence-corrected chi connectivity index (χ4v) is 0.759. The second kappa shape index (κ2) is 2.67. The Hall–Kier alpha value is -0.0800. The fraction of sp³-hybridized carbons (Fsp3) is 1.00. The molecule has 0 aliphatic carbocycles. The van der Waals surface area contributed by atoms with Gasteiger partial charge in [0.2, 0.25) is 0 Å². The lowest BCUT2D eigenvalue weighted by atomic mass is 10.2. The summed E-state index contributed by atoms with van der Waals surface area (Å²) in [6.07, 6.45) is 1.96. The van der Waals surface area contributed by atoms with Crippen LogP contribution >= 0.6 is 0 Å². The first-order valence-electron chi connectivity index (χ1n) is 3.65. The molecule has 1 saturated heterocycles. The van der Waals surface area contributed by atoms with Crippen molar-refractivity contribution in [2.24, 2.45) is 0 Å². The Morgan fingerprint density at radius 2 is 2.22 bits per heavy atom. The predicted molar refractivity (Wildman–Crippen MR) is 37.2 cm³/mol. The van der Waals surface area contributed by atoms with Gasteiger partial charge in [-0.2, -0.15) is 0 Å². The highest BCUT2D eigenvalue weighted by atomic mass is 16.6. The van der Waals surface area contributed by atoms with Crippen LogP contribution < -0.4 is 5.32 Å². The van der Waals surface area contributed by atoms with Crippen molar-refractivity contribution in [2.75, 3.05) is 0 Å². The van der Waals surface area contributed by atoms with E-state index in [0.717, 1.165) is 0 Å². The van der Waals surface area contributed by atoms with E-state index >= 15 is 0 Å². The van der Waals surface area contributed by atoms with Crippen molar-refractivity contribution < 1.29 is 4.74 Å². The molecule has 1 N–H and O–H groups in total. The van der Waals surface area contributed by atoms with Crippen LogP contribution in [0.2, 0.25) is 0 Å². The van der Waals surface area contributed by atoms with Crippen LogP contribution in [0.4, 0.5) is 0 Å². The second-order valence-electron chi connectivity index (χ2n) is 2.74. The van der Waals surface area contributed by atoms with E-state index < -0.39 is 0 Å². The summed E-state index contributed by atoms with van der Waals surface area (Å²) in [4.78, 5) is 0. The Balaban J connectivity index is 2.05. The largest absolute Gasteiger partial charge is 0.354 e. The minimum atomic E-state index is 0.347. The number of epoxide rings is 1. The van der Waals surface area contributed by atoms with Crippen LogP contribution in [0.5, 0.6) is 0 Å². The molecule has 1 heterocycles. The minimum Gasteiger partial charge on any atom is -0.354 e. The number of rotatable bonds is 3. The zero-order valence-corrected chi connectivity index (χ0v) is 6.35. The van der Waals surface area contributed by atoms with Crippen molar-refractivity contribution in [1.29, 1.82) is 0 Å². The molecule has 0 radical (unpaired) electrons. The van der Waals surface area contributed by atoms with Gasteiger partial charge < -0.3 is 4.74 Å². The van der Waals surface area contributed by atoms with Gasteiger partial charge in [0.15, 0.2) is 0 Å². The van der Waals surface area contributed by atoms with Crippen LogP contribution in [0.25, 0.3) is 0 Å². The standard InChI is InChI=1S/C7H15NO/c1-4-5(2)8-7-6(3)9-7/h5-8H,4H2,1-3H3. The monoisotopic (exact) mass is 129 g/mol. The molecule has 2 nitrogen and oxygen atoms in total. The molecule has 3 unspecified atom stereocenters. The van der Waals surface area contributed by atoms with E-state index in [1.54, 1.807) is 0 Å². The van der Waals surface area contributed by atoms with E-state index in [1.165, 1.54) is 6.42 Å². The number of hydrogen-bond acceptors (Lipinski definition) is 2. The SMILES string of the molecule is CCC(C)NC1OC1C. The van der Waals surface area contributed by atoms with Crippen molar-refractivity contribution in [3.8, 4) is 0 Å². The van der Waals surface area contributed by atoms with Gasteiger partial charge in [-0.1, -0.05) is 6.92 Å². The molecular weight excluding hydrogens is 114 g/mol. The highest BCUT2D eigenvalue weighted by Crippen LogP contribution is 2.18. The van der Waals surface area contributed by atoms with Crippen molar-refractivity contribution in [3.05, 3.63) is 0 Å². The topological polar surface area (TPSA) is 24.6 Å². The van der Waals surface area contributed by atoms with Crippen molar-refractivity contribution >= 4 is 0 Å². The van der Waals surface area contributed by atoms with Crippen LogP contribution in [0, 0.1) is 0 Å². The summed E-state index contributed by atoms with van der Waals surface area (Å²) < 4.78 is 5.18. The fourth-order valence-electron chi connectivity index (χ4n) is 0.759. The Bertz CT molecular complexity index is 92.9. The zero-order chi connectivity index (χ0) is 6.85. The first kappa shape index (κ1) is 7.03. The van der Waals surface area contributed by atoms with Gasteiger partial charge in [0.05, 0.1) is 6.10 Å². The Morgan fingerprint density at radius 3 is 2.56 bits per heavy atom. The lowest BCUT2D eigenvalue weighted by molar-refractivity contribution is 0.331. The molecular formula is C7H15NO. The molecule has 0 bridgehead atoms. The summed E-state index contributed by atoms with van der Waals surface area (Å²) >= 11 is 0. The Morgan fingerprint density at radius 1 is 1.67 bits per heavy atom. The lowest BCUT2D eigenvalue weighted by Crippen LogP contribution is -2.28. The van der Waals surface area contributed by atoms with Gasteiger partial charge in [0.25, 0.3) is 0 Å². The maximum absolute atomic E-state index is 5.18. The normalized spacial score (nSPS) is 36.3. The molecule has 54 valence electrons. The molecule has 1 rings (SSSR count). The summed E-state index contributed by atoms with van der Waals surface area (Å²) in [6, 6.07) is 0.597. The van der Waals surface area contributed by atoms with Gasteiger partial charge in [-0.15, -0.1) is 0 Å². The van der Waals surface area contributed by atoms with Gasteiger partial charge in [0, 0.05) is 6.04 Å². The number of nitrogens with one attached hydrogen (secondary N) is 1. The average Bonchev–Trinajstić information content (AvgIpc) is 2.47. The molecule has 1 aliphatic rings. The molecule has 1 fully saturated rings. The molecule has 0 aromatic carbocycles. The van der Waals surface area contributed by atoms with E-state index in [-0.39, 0.29) is 0 Å². The number of ether oxygens (including phenoxy) is 1. The number of hydrogen-bond donors (Lipinski definition) is 1. The molecule has 9 heavy (non-hydrogen) atoms. The van der Waals surface area contributed by atoms with Crippen molar-refractivity contribution in [3.63, 3.8) is 0 Å². The van der Waals surface area contributed by atoms with Gasteiger partial charge in [0.1, 0.15) is 6.23 Å². The highest BCUT2D eigenvalue weighted by Gasteiger charge is 2.34. The van der Waals surface area contributed by atoms with Gasteiger partial charge in [-0.05, 0) is 20.3 Å². The van der Waals surface area contributed by atoms with Crippen LogP contribution in [0.3, 0.4) is 0 Å². The maximum Gasteiger partial charge on any atom is 0.135 e. The summed E-state index contributed by atoms with van der Waals surface area (Å²) in [7, 11) is 0. The highest BCUT2D eigenvalue weighted by molar-refractivity contribution is 4.79. The van der Waals surface area contributed by atoms with Crippen LogP contribution in [0.1, 0.15) is 27.2 Å². The van der Waals surface area contributed by atoms with E-state index in [9.17, 15) is 0 Å². The molecule has 0 amide bonds. The van der Waals surface area contributed by atoms with Crippen LogP contribution in [-0.2, 0) is 4.74 Å². The first-order valence-corrected chi connectivity index (χ1v) is 3.65. The molecule has 0 spiro atoms. The Kier molecular flexibility index (Phi) is 2.09. The van der Waals surface area contributed by atoms with Gasteiger partial charge in [-0.3, -0.25) is 5.32 Å². The molecule has 0 aromatic rings. The zero-order valence-electron chi connectivity index (χ0n) is 6.35. The third-order valence-electron chi connectivity index (χ3n) is 1.77. The third kappa shape index (κ3) is 1.95. The van der Waals surface area contributed by atoms with E-state index in [0.29, 0.717) is 18.4 Å². The first-order chi connectivity index (χ1) is 4.24. The quantitative estimate of drug-likeness (QED) is 0.577. The third-order valence-corrected chi connectivity index (χ3v) is 1.77. The van der Waals surface area contributed by atoms with E-state index in [4.69, 9.17) is 4.74 Å². The molecule has 1 aliphatic heterocycles. The van der Waals surface area contributed by atoms with Gasteiger partial charge >= 0.3 is 0 Å². The predicted octanol–water partition coefficient (Wildman–Crippen LogP) is 1.12. The van der Waals surface area contributed by atoms with Gasteiger partial charge in [-0.25, -0.2) is 0 Å². The summed E-state index contributed by atoms with van der Waals surface area (Å²) in [5, 5.41) is 3.33. The van der Waals surface area contributed by atoms with Crippen LogP contribution in [-0.4, -0.2) is 18.4 Å². The smallest absolute Gasteiger partial charge is 0.135 e. The van der Waals surface area contributed by atoms with Crippen LogP contribution in [0.15, 0.2) is 0 Å². The maximum atomic E-state index is 5.18. The Labute approximate surface area is 56.6 Å². The van der Waals surface area contributed by atoms with E-state index in [1.807, 2.05) is 0 Å². The van der Waals surface area contributed by atoms with E-state index in [2.05, 4.69) is 26.1 Å². The summed E-state index contributed by atoms with van der Waals surface area (Å²) in [5.74, 6) is 0. The second-order valence-corrected chi connectivity index (χ2v) is 2.74. The van der Waals surface area contributed by atoms with Crippen molar-refractivity contribution in [1.82, 2.24) is 5.32 Å². The summed E-state index contributed by atoms with van der Waals surface area (Å²) in [6.45, 7) is 6.43. The molecule has 2 heteroatoms.